The zero-order chi connectivity index (χ0) is 9.26. The number of rotatable bonds is 2. The van der Waals surface area contributed by atoms with E-state index in [0.717, 1.165) is 0 Å². The van der Waals surface area contributed by atoms with Gasteiger partial charge in [0.1, 0.15) is 0 Å². The summed E-state index contributed by atoms with van der Waals surface area (Å²) in [6, 6.07) is 8.56. The van der Waals surface area contributed by atoms with Gasteiger partial charge in [-0.1, -0.05) is 28.1 Å². The molecule has 70 valence electrons. The van der Waals surface area contributed by atoms with Crippen LogP contribution in [0.4, 0.5) is 0 Å². The van der Waals surface area contributed by atoms with Crippen molar-refractivity contribution in [3.8, 4) is 0 Å². The monoisotopic (exact) mass is 240 g/mol. The molecule has 0 unspecified atom stereocenters. The molecule has 2 rings (SSSR count). The van der Waals surface area contributed by atoms with Crippen molar-refractivity contribution < 1.29 is 4.74 Å². The van der Waals surface area contributed by atoms with Gasteiger partial charge in [-0.25, -0.2) is 0 Å². The van der Waals surface area contributed by atoms with Crippen molar-refractivity contribution in [2.45, 2.75) is 24.9 Å². The Labute approximate surface area is 87.2 Å². The maximum absolute atomic E-state index is 5.26. The fourth-order valence-electron chi connectivity index (χ4n) is 1.79. The molecule has 1 saturated carbocycles. The van der Waals surface area contributed by atoms with E-state index in [2.05, 4.69) is 40.2 Å². The molecule has 1 aromatic carbocycles. The van der Waals surface area contributed by atoms with E-state index >= 15 is 0 Å². The average Bonchev–Trinajstić information content (AvgIpc) is 2.02. The Morgan fingerprint density at radius 1 is 1.38 bits per heavy atom. The van der Waals surface area contributed by atoms with Crippen molar-refractivity contribution in [2.75, 3.05) is 7.11 Å². The van der Waals surface area contributed by atoms with Crippen LogP contribution in [-0.4, -0.2) is 13.2 Å². The lowest BCUT2D eigenvalue weighted by Gasteiger charge is -2.34. The van der Waals surface area contributed by atoms with Gasteiger partial charge >= 0.3 is 0 Å². The molecule has 0 saturated heterocycles. The number of ether oxygens (including phenoxy) is 1. The average molecular weight is 241 g/mol. The highest BCUT2D eigenvalue weighted by Gasteiger charge is 2.29. The molecule has 0 bridgehead atoms. The van der Waals surface area contributed by atoms with Crippen LogP contribution in [0.2, 0.25) is 0 Å². The minimum absolute atomic E-state index is 0.490. The summed E-state index contributed by atoms with van der Waals surface area (Å²) >= 11 is 3.48. The predicted octanol–water partition coefficient (Wildman–Crippen LogP) is 3.34. The molecule has 0 atom stereocenters. The molecule has 0 N–H and O–H groups in total. The van der Waals surface area contributed by atoms with Crippen molar-refractivity contribution in [3.05, 3.63) is 34.3 Å². The summed E-state index contributed by atoms with van der Waals surface area (Å²) in [5.74, 6) is 0.711. The summed E-state index contributed by atoms with van der Waals surface area (Å²) in [7, 11) is 1.79. The van der Waals surface area contributed by atoms with Gasteiger partial charge in [0.15, 0.2) is 0 Å². The molecule has 1 aliphatic carbocycles. The third-order valence-corrected chi connectivity index (χ3v) is 3.24. The third kappa shape index (κ3) is 1.94. The van der Waals surface area contributed by atoms with Crippen LogP contribution in [0.15, 0.2) is 28.7 Å². The van der Waals surface area contributed by atoms with Gasteiger partial charge in [0.05, 0.1) is 6.10 Å². The maximum Gasteiger partial charge on any atom is 0.0583 e. The molecule has 0 radical (unpaired) electrons. The first kappa shape index (κ1) is 9.22. The Kier molecular flexibility index (Phi) is 2.70. The van der Waals surface area contributed by atoms with Gasteiger partial charge in [0.2, 0.25) is 0 Å². The van der Waals surface area contributed by atoms with E-state index in [1.54, 1.807) is 7.11 Å². The summed E-state index contributed by atoms with van der Waals surface area (Å²) in [6.07, 6.45) is 2.84. The largest absolute Gasteiger partial charge is 0.381 e. The molecule has 0 amide bonds. The summed E-state index contributed by atoms with van der Waals surface area (Å²) in [5.41, 5.74) is 1.43. The van der Waals surface area contributed by atoms with E-state index in [1.807, 2.05) is 0 Å². The van der Waals surface area contributed by atoms with Crippen LogP contribution in [0.3, 0.4) is 0 Å². The fourth-order valence-corrected chi connectivity index (χ4v) is 2.21. The molecular weight excluding hydrogens is 228 g/mol. The Hall–Kier alpha value is -0.340. The number of hydrogen-bond donors (Lipinski definition) is 0. The second-order valence-electron chi connectivity index (χ2n) is 3.58. The summed E-state index contributed by atoms with van der Waals surface area (Å²) in [6.45, 7) is 0. The topological polar surface area (TPSA) is 9.23 Å². The highest BCUT2D eigenvalue weighted by Crippen LogP contribution is 2.38. The van der Waals surface area contributed by atoms with Crippen molar-refractivity contribution in [1.29, 1.82) is 0 Å². The van der Waals surface area contributed by atoms with Gasteiger partial charge in [0.25, 0.3) is 0 Å². The van der Waals surface area contributed by atoms with E-state index in [4.69, 9.17) is 4.74 Å². The van der Waals surface area contributed by atoms with Crippen molar-refractivity contribution >= 4 is 15.9 Å². The molecule has 13 heavy (non-hydrogen) atoms. The summed E-state index contributed by atoms with van der Waals surface area (Å²) < 4.78 is 6.43. The Bertz CT molecular complexity index is 292. The highest BCUT2D eigenvalue weighted by molar-refractivity contribution is 9.10. The van der Waals surface area contributed by atoms with Gasteiger partial charge in [-0.15, -0.1) is 0 Å². The second kappa shape index (κ2) is 3.81. The van der Waals surface area contributed by atoms with Crippen LogP contribution in [0.1, 0.15) is 24.3 Å². The van der Waals surface area contributed by atoms with E-state index < -0.39 is 0 Å². The summed E-state index contributed by atoms with van der Waals surface area (Å²) in [5, 5.41) is 0. The minimum atomic E-state index is 0.490. The molecule has 0 aromatic heterocycles. The Morgan fingerprint density at radius 2 is 2.15 bits per heavy atom. The predicted molar refractivity (Wildman–Crippen MR) is 56.9 cm³/mol. The number of benzene rings is 1. The van der Waals surface area contributed by atoms with Gasteiger partial charge in [0, 0.05) is 11.6 Å². The number of hydrogen-bond acceptors (Lipinski definition) is 1. The molecular formula is C11H13BrO. The first-order chi connectivity index (χ1) is 6.29. The molecule has 1 aromatic rings. The lowest BCUT2D eigenvalue weighted by molar-refractivity contribution is 0.0257. The first-order valence-corrected chi connectivity index (χ1v) is 5.37. The van der Waals surface area contributed by atoms with Gasteiger partial charge in [-0.2, -0.15) is 0 Å². The molecule has 1 fully saturated rings. The lowest BCUT2D eigenvalue weighted by atomic mass is 9.77. The molecule has 2 heteroatoms. The van der Waals surface area contributed by atoms with Crippen LogP contribution >= 0.6 is 15.9 Å². The molecule has 0 aliphatic heterocycles. The van der Waals surface area contributed by atoms with Gasteiger partial charge in [-0.05, 0) is 36.5 Å². The molecule has 0 heterocycles. The van der Waals surface area contributed by atoms with Crippen LogP contribution < -0.4 is 0 Å². The van der Waals surface area contributed by atoms with E-state index in [0.29, 0.717) is 12.0 Å². The van der Waals surface area contributed by atoms with Crippen LogP contribution in [0.5, 0.6) is 0 Å². The zero-order valence-electron chi connectivity index (χ0n) is 7.66. The van der Waals surface area contributed by atoms with E-state index in [-0.39, 0.29) is 0 Å². The van der Waals surface area contributed by atoms with E-state index in [9.17, 15) is 0 Å². The number of halogens is 1. The minimum Gasteiger partial charge on any atom is -0.381 e. The van der Waals surface area contributed by atoms with E-state index in [1.165, 1.54) is 22.9 Å². The van der Waals surface area contributed by atoms with Crippen molar-refractivity contribution in [2.24, 2.45) is 0 Å². The van der Waals surface area contributed by atoms with Crippen LogP contribution in [0.25, 0.3) is 0 Å². The number of methoxy groups -OCH3 is 1. The third-order valence-electron chi connectivity index (χ3n) is 2.75. The smallest absolute Gasteiger partial charge is 0.0583 e. The summed E-state index contributed by atoms with van der Waals surface area (Å²) in [4.78, 5) is 0. The highest BCUT2D eigenvalue weighted by atomic mass is 79.9. The lowest BCUT2D eigenvalue weighted by Crippen LogP contribution is -2.28. The SMILES string of the molecule is COC1CC(c2cccc(Br)c2)C1. The Balaban J connectivity index is 2.03. The van der Waals surface area contributed by atoms with Gasteiger partial charge in [-0.3, -0.25) is 0 Å². The molecule has 1 aliphatic rings. The normalized spacial score (nSPS) is 26.9. The quantitative estimate of drug-likeness (QED) is 0.771. The van der Waals surface area contributed by atoms with Crippen molar-refractivity contribution in [1.82, 2.24) is 0 Å². The van der Waals surface area contributed by atoms with Crippen LogP contribution in [-0.2, 0) is 4.74 Å². The van der Waals surface area contributed by atoms with Crippen molar-refractivity contribution in [3.63, 3.8) is 0 Å². The first-order valence-electron chi connectivity index (χ1n) is 4.58. The van der Waals surface area contributed by atoms with Gasteiger partial charge < -0.3 is 4.74 Å². The maximum atomic E-state index is 5.26. The second-order valence-corrected chi connectivity index (χ2v) is 4.50. The Morgan fingerprint density at radius 3 is 2.77 bits per heavy atom. The van der Waals surface area contributed by atoms with Crippen LogP contribution in [0, 0.1) is 0 Å². The molecule has 0 spiro atoms. The zero-order valence-corrected chi connectivity index (χ0v) is 9.25. The molecule has 1 nitrogen and oxygen atoms in total. The standard InChI is InChI=1S/C11H13BrO/c1-13-11-6-9(7-11)8-3-2-4-10(12)5-8/h2-5,9,11H,6-7H2,1H3. The fraction of sp³-hybridized carbons (Fsp3) is 0.455.